The molecule has 1 rings (SSSR count). The number of pyridine rings is 1. The van der Waals surface area contributed by atoms with Crippen LogP contribution in [0.15, 0.2) is 10.9 Å². The van der Waals surface area contributed by atoms with Crippen molar-refractivity contribution < 1.29 is 22.7 Å². The number of hydrogen-bond acceptors (Lipinski definition) is 3. The van der Waals surface area contributed by atoms with Gasteiger partial charge in [0.25, 0.3) is 5.56 Å². The number of aldehydes is 1. The molecule has 1 N–H and O–H groups in total. The highest BCUT2D eigenvalue weighted by Crippen LogP contribution is 2.25. The van der Waals surface area contributed by atoms with Gasteiger partial charge in [-0.15, -0.1) is 13.2 Å². The van der Waals surface area contributed by atoms with Gasteiger partial charge in [0.05, 0.1) is 11.3 Å². The van der Waals surface area contributed by atoms with Gasteiger partial charge in [-0.3, -0.25) is 9.59 Å². The van der Waals surface area contributed by atoms with Crippen LogP contribution in [0.1, 0.15) is 16.1 Å². The fourth-order valence-corrected chi connectivity index (χ4v) is 1.52. The summed E-state index contributed by atoms with van der Waals surface area (Å²) in [5.74, 6) is -0.685. The van der Waals surface area contributed by atoms with Crippen molar-refractivity contribution in [1.82, 2.24) is 4.98 Å². The number of ether oxygens (including phenoxy) is 1. The van der Waals surface area contributed by atoms with E-state index < -0.39 is 17.7 Å². The Morgan fingerprint density at radius 2 is 2.12 bits per heavy atom. The molecule has 1 heterocycles. The van der Waals surface area contributed by atoms with Crippen LogP contribution in [0.25, 0.3) is 0 Å². The van der Waals surface area contributed by atoms with E-state index >= 15 is 0 Å². The summed E-state index contributed by atoms with van der Waals surface area (Å²) in [6.07, 6.45) is -4.69. The average molecular weight is 300 g/mol. The van der Waals surface area contributed by atoms with E-state index in [9.17, 15) is 22.8 Å². The first-order chi connectivity index (χ1) is 7.37. The Morgan fingerprint density at radius 3 is 2.56 bits per heavy atom. The molecule has 4 nitrogen and oxygen atoms in total. The molecule has 8 heteroatoms. The molecule has 0 radical (unpaired) electrons. The van der Waals surface area contributed by atoms with Crippen LogP contribution in [-0.2, 0) is 5.33 Å². The van der Waals surface area contributed by atoms with Crippen molar-refractivity contribution in [2.75, 3.05) is 0 Å². The Kier molecular flexibility index (Phi) is 3.74. The molecule has 0 amide bonds. The largest absolute Gasteiger partial charge is 0.573 e. The Hall–Kier alpha value is -1.31. The van der Waals surface area contributed by atoms with Crippen LogP contribution in [0.3, 0.4) is 0 Å². The van der Waals surface area contributed by atoms with Crippen LogP contribution in [0.5, 0.6) is 5.75 Å². The number of nitrogens with one attached hydrogen (secondary N) is 1. The van der Waals surface area contributed by atoms with Crippen molar-refractivity contribution in [3.05, 3.63) is 27.7 Å². The highest BCUT2D eigenvalue weighted by atomic mass is 79.9. The fraction of sp³-hybridized carbons (Fsp3) is 0.250. The van der Waals surface area contributed by atoms with Crippen LogP contribution in [0, 0.1) is 0 Å². The van der Waals surface area contributed by atoms with Crippen LogP contribution >= 0.6 is 15.9 Å². The Balaban J connectivity index is 3.29. The third-order valence-electron chi connectivity index (χ3n) is 1.60. The van der Waals surface area contributed by atoms with Gasteiger partial charge >= 0.3 is 6.36 Å². The van der Waals surface area contributed by atoms with E-state index in [1.54, 1.807) is 0 Å². The second kappa shape index (κ2) is 4.69. The first-order valence-electron chi connectivity index (χ1n) is 3.90. The molecule has 1 aromatic rings. The van der Waals surface area contributed by atoms with Crippen molar-refractivity contribution in [1.29, 1.82) is 0 Å². The average Bonchev–Trinajstić information content (AvgIpc) is 2.14. The summed E-state index contributed by atoms with van der Waals surface area (Å²) < 4.78 is 39.6. The van der Waals surface area contributed by atoms with Gasteiger partial charge in [0, 0.05) is 11.4 Å². The molecule has 0 saturated heterocycles. The highest BCUT2D eigenvalue weighted by Gasteiger charge is 2.32. The molecule has 1 aromatic heterocycles. The summed E-state index contributed by atoms with van der Waals surface area (Å²) in [6.45, 7) is 0. The van der Waals surface area contributed by atoms with Gasteiger partial charge in [-0.1, -0.05) is 15.9 Å². The normalized spacial score (nSPS) is 11.2. The van der Waals surface area contributed by atoms with Gasteiger partial charge in [0.2, 0.25) is 0 Å². The lowest BCUT2D eigenvalue weighted by Gasteiger charge is -2.11. The van der Waals surface area contributed by atoms with Gasteiger partial charge in [-0.2, -0.15) is 0 Å². The summed E-state index contributed by atoms with van der Waals surface area (Å²) in [6, 6.07) is 0.818. The highest BCUT2D eigenvalue weighted by molar-refractivity contribution is 9.08. The maximum atomic E-state index is 12.0. The molecule has 0 fully saturated rings. The molecular weight excluding hydrogens is 295 g/mol. The van der Waals surface area contributed by atoms with E-state index in [0.717, 1.165) is 6.07 Å². The lowest BCUT2D eigenvalue weighted by molar-refractivity contribution is -0.274. The standard InChI is InChI=1S/C8H5BrF3NO3/c9-2-5-6(16-8(10,11)12)1-4(3-14)13-7(5)15/h1,3H,2H2,(H,13,15). The minimum Gasteiger partial charge on any atom is -0.405 e. The zero-order valence-electron chi connectivity index (χ0n) is 7.60. The number of halogens is 4. The molecule has 88 valence electrons. The molecule has 0 aliphatic heterocycles. The summed E-state index contributed by atoms with van der Waals surface area (Å²) >= 11 is 2.86. The first kappa shape index (κ1) is 12.8. The SMILES string of the molecule is O=Cc1cc(OC(F)(F)F)c(CBr)c(=O)[nH]1. The van der Waals surface area contributed by atoms with Crippen LogP contribution in [-0.4, -0.2) is 17.6 Å². The zero-order chi connectivity index (χ0) is 12.3. The monoisotopic (exact) mass is 299 g/mol. The number of carbonyl (C=O) groups is 1. The van der Waals surface area contributed by atoms with E-state index in [2.05, 4.69) is 25.7 Å². The summed E-state index contributed by atoms with van der Waals surface area (Å²) in [4.78, 5) is 23.7. The van der Waals surface area contributed by atoms with Gasteiger partial charge in [-0.25, -0.2) is 0 Å². The number of rotatable bonds is 3. The Labute approximate surface area is 95.5 Å². The van der Waals surface area contributed by atoms with Gasteiger partial charge in [0.15, 0.2) is 6.29 Å². The molecule has 0 aromatic carbocycles. The van der Waals surface area contributed by atoms with Gasteiger partial charge in [-0.05, 0) is 0 Å². The lowest BCUT2D eigenvalue weighted by Crippen LogP contribution is -2.22. The van der Waals surface area contributed by atoms with Crippen molar-refractivity contribution in [2.24, 2.45) is 0 Å². The second-order valence-corrected chi connectivity index (χ2v) is 3.26. The second-order valence-electron chi connectivity index (χ2n) is 2.70. The topological polar surface area (TPSA) is 59.2 Å². The summed E-state index contributed by atoms with van der Waals surface area (Å²) in [5.41, 5.74) is -1.32. The van der Waals surface area contributed by atoms with Crippen molar-refractivity contribution >= 4 is 22.2 Å². The molecule has 0 aliphatic carbocycles. The van der Waals surface area contributed by atoms with Crippen molar-refractivity contribution in [2.45, 2.75) is 11.7 Å². The van der Waals surface area contributed by atoms with Crippen LogP contribution in [0.4, 0.5) is 13.2 Å². The first-order valence-corrected chi connectivity index (χ1v) is 5.02. The predicted octanol–water partition coefficient (Wildman–Crippen LogP) is 1.98. The van der Waals surface area contributed by atoms with E-state index in [-0.39, 0.29) is 22.9 Å². The third kappa shape index (κ3) is 3.09. The van der Waals surface area contributed by atoms with Crippen molar-refractivity contribution in [3.63, 3.8) is 0 Å². The number of hydrogen-bond donors (Lipinski definition) is 1. The Bertz CT molecular complexity index is 455. The number of carbonyl (C=O) groups excluding carboxylic acids is 1. The minimum absolute atomic E-state index is 0.118. The number of aromatic nitrogens is 1. The molecule has 0 spiro atoms. The van der Waals surface area contributed by atoms with E-state index in [4.69, 9.17) is 0 Å². The quantitative estimate of drug-likeness (QED) is 0.686. The van der Waals surface area contributed by atoms with E-state index in [0.29, 0.717) is 0 Å². The molecular formula is C8H5BrF3NO3. The molecule has 0 atom stereocenters. The molecule has 0 bridgehead atoms. The molecule has 0 unspecified atom stereocenters. The van der Waals surface area contributed by atoms with Gasteiger partial charge < -0.3 is 9.72 Å². The van der Waals surface area contributed by atoms with Crippen LogP contribution < -0.4 is 10.3 Å². The fourth-order valence-electron chi connectivity index (χ4n) is 0.989. The number of H-pyrrole nitrogens is 1. The third-order valence-corrected chi connectivity index (χ3v) is 2.16. The van der Waals surface area contributed by atoms with Crippen molar-refractivity contribution in [3.8, 4) is 5.75 Å². The molecule has 16 heavy (non-hydrogen) atoms. The maximum absolute atomic E-state index is 12.0. The number of alkyl halides is 4. The summed E-state index contributed by atoms with van der Waals surface area (Å²) in [5, 5.41) is -0.118. The van der Waals surface area contributed by atoms with Gasteiger partial charge in [0.1, 0.15) is 5.75 Å². The Morgan fingerprint density at radius 1 is 1.50 bits per heavy atom. The maximum Gasteiger partial charge on any atom is 0.573 e. The smallest absolute Gasteiger partial charge is 0.405 e. The summed E-state index contributed by atoms with van der Waals surface area (Å²) in [7, 11) is 0. The lowest BCUT2D eigenvalue weighted by atomic mass is 10.2. The molecule has 0 aliphatic rings. The number of aromatic amines is 1. The molecule has 0 saturated carbocycles. The minimum atomic E-state index is -4.91. The van der Waals surface area contributed by atoms with E-state index in [1.807, 2.05) is 0 Å². The van der Waals surface area contributed by atoms with E-state index in [1.165, 1.54) is 0 Å². The zero-order valence-corrected chi connectivity index (χ0v) is 9.18. The van der Waals surface area contributed by atoms with Crippen LogP contribution in [0.2, 0.25) is 0 Å². The predicted molar refractivity (Wildman–Crippen MR) is 51.8 cm³/mol.